The molecule has 2 aromatic rings. The number of para-hydroxylation sites is 1. The van der Waals surface area contributed by atoms with E-state index < -0.39 is 5.97 Å². The van der Waals surface area contributed by atoms with E-state index in [1.54, 1.807) is 49.4 Å². The van der Waals surface area contributed by atoms with E-state index in [-0.39, 0.29) is 25.6 Å². The smallest absolute Gasteiger partial charge is 0.377 e. The van der Waals surface area contributed by atoms with Crippen LogP contribution in [0.5, 0.6) is 11.5 Å². The van der Waals surface area contributed by atoms with Crippen LogP contribution >= 0.6 is 23.2 Å². The number of hydrogen-bond acceptors (Lipinski definition) is 5. The van der Waals surface area contributed by atoms with Crippen LogP contribution in [0.1, 0.15) is 6.92 Å². The van der Waals surface area contributed by atoms with Crippen LogP contribution in [0.3, 0.4) is 0 Å². The first-order chi connectivity index (χ1) is 12.6. The number of rotatable bonds is 9. The largest absolute Gasteiger partial charge is 0.493 e. The molecule has 0 N–H and O–H groups in total. The van der Waals surface area contributed by atoms with E-state index in [2.05, 4.69) is 0 Å². The Morgan fingerprint density at radius 2 is 1.85 bits per heavy atom. The van der Waals surface area contributed by atoms with Crippen LogP contribution in [-0.2, 0) is 14.3 Å². The fourth-order valence-corrected chi connectivity index (χ4v) is 2.19. The molecule has 0 aliphatic carbocycles. The summed E-state index contributed by atoms with van der Waals surface area (Å²) in [6, 6.07) is 13.8. The van der Waals surface area contributed by atoms with Crippen LogP contribution < -0.4 is 9.47 Å². The zero-order valence-corrected chi connectivity index (χ0v) is 15.6. The predicted octanol–water partition coefficient (Wildman–Crippen LogP) is 4.87. The van der Waals surface area contributed by atoms with Crippen molar-refractivity contribution in [2.75, 3.05) is 19.8 Å². The SMILES string of the molecule is CCOC(=O)C(=COCCOc1cc(Cl)ccc1Cl)Oc1ccccc1. The fraction of sp³-hybridized carbons (Fsp3) is 0.211. The van der Waals surface area contributed by atoms with Crippen LogP contribution in [0.2, 0.25) is 10.0 Å². The third kappa shape index (κ3) is 6.50. The highest BCUT2D eigenvalue weighted by Gasteiger charge is 2.14. The lowest BCUT2D eigenvalue weighted by atomic mass is 10.3. The van der Waals surface area contributed by atoms with E-state index in [1.807, 2.05) is 6.07 Å². The van der Waals surface area contributed by atoms with Crippen molar-refractivity contribution in [3.05, 3.63) is 70.6 Å². The van der Waals surface area contributed by atoms with E-state index in [0.717, 1.165) is 0 Å². The van der Waals surface area contributed by atoms with Gasteiger partial charge >= 0.3 is 5.97 Å². The van der Waals surface area contributed by atoms with Crippen molar-refractivity contribution in [3.63, 3.8) is 0 Å². The number of halogens is 2. The Bertz CT molecular complexity index is 747. The summed E-state index contributed by atoms with van der Waals surface area (Å²) in [5.74, 6) is 0.282. The van der Waals surface area contributed by atoms with Gasteiger partial charge in [-0.25, -0.2) is 4.79 Å². The molecule has 2 rings (SSSR count). The van der Waals surface area contributed by atoms with Gasteiger partial charge in [0.05, 0.1) is 11.6 Å². The van der Waals surface area contributed by atoms with Gasteiger partial charge in [0.25, 0.3) is 0 Å². The first-order valence-electron chi connectivity index (χ1n) is 7.89. The summed E-state index contributed by atoms with van der Waals surface area (Å²) in [5.41, 5.74) is 0. The summed E-state index contributed by atoms with van der Waals surface area (Å²) in [6.45, 7) is 2.31. The molecule has 138 valence electrons. The molecule has 2 aromatic carbocycles. The molecule has 7 heteroatoms. The molecule has 0 fully saturated rings. The van der Waals surface area contributed by atoms with Gasteiger partial charge in [0, 0.05) is 11.1 Å². The topological polar surface area (TPSA) is 54.0 Å². The van der Waals surface area contributed by atoms with Gasteiger partial charge < -0.3 is 18.9 Å². The van der Waals surface area contributed by atoms with Crippen molar-refractivity contribution in [3.8, 4) is 11.5 Å². The summed E-state index contributed by atoms with van der Waals surface area (Å²) in [4.78, 5) is 12.0. The molecule has 0 bridgehead atoms. The van der Waals surface area contributed by atoms with E-state index in [4.69, 9.17) is 42.1 Å². The highest BCUT2D eigenvalue weighted by atomic mass is 35.5. The first-order valence-corrected chi connectivity index (χ1v) is 8.65. The van der Waals surface area contributed by atoms with E-state index in [0.29, 0.717) is 21.5 Å². The molecule has 0 saturated heterocycles. The predicted molar refractivity (Wildman–Crippen MR) is 99.7 cm³/mol. The lowest BCUT2D eigenvalue weighted by Gasteiger charge is -2.10. The van der Waals surface area contributed by atoms with Crippen molar-refractivity contribution in [2.45, 2.75) is 6.92 Å². The zero-order valence-electron chi connectivity index (χ0n) is 14.1. The molecule has 5 nitrogen and oxygen atoms in total. The summed E-state index contributed by atoms with van der Waals surface area (Å²) in [6.07, 6.45) is 1.20. The summed E-state index contributed by atoms with van der Waals surface area (Å²) < 4.78 is 21.3. The quantitative estimate of drug-likeness (QED) is 0.262. The highest BCUT2D eigenvalue weighted by Crippen LogP contribution is 2.27. The Kier molecular flexibility index (Phi) is 8.12. The molecule has 0 aromatic heterocycles. The molecule has 26 heavy (non-hydrogen) atoms. The third-order valence-electron chi connectivity index (χ3n) is 2.99. The van der Waals surface area contributed by atoms with Gasteiger partial charge in [-0.1, -0.05) is 41.4 Å². The van der Waals surface area contributed by atoms with Gasteiger partial charge in [0.2, 0.25) is 5.76 Å². The normalized spacial score (nSPS) is 11.0. The molecule has 0 saturated carbocycles. The average Bonchev–Trinajstić information content (AvgIpc) is 2.64. The molecule has 0 heterocycles. The van der Waals surface area contributed by atoms with Gasteiger partial charge in [-0.15, -0.1) is 0 Å². The second-order valence-corrected chi connectivity index (χ2v) is 5.76. The number of ether oxygens (including phenoxy) is 4. The molecular formula is C19H18Cl2O5. The van der Waals surface area contributed by atoms with Crippen molar-refractivity contribution >= 4 is 29.2 Å². The van der Waals surface area contributed by atoms with Crippen molar-refractivity contribution in [1.29, 1.82) is 0 Å². The molecule has 0 spiro atoms. The second-order valence-electron chi connectivity index (χ2n) is 4.91. The molecule has 0 amide bonds. The minimum Gasteiger partial charge on any atom is -0.493 e. The Hall–Kier alpha value is -2.37. The lowest BCUT2D eigenvalue weighted by molar-refractivity contribution is -0.141. The van der Waals surface area contributed by atoms with Crippen LogP contribution in [-0.4, -0.2) is 25.8 Å². The van der Waals surface area contributed by atoms with Crippen LogP contribution in [0.25, 0.3) is 0 Å². The molecule has 0 aliphatic heterocycles. The standard InChI is InChI=1S/C19H18Cl2O5/c1-2-24-19(22)18(26-15-6-4-3-5-7-15)13-23-10-11-25-17-12-14(20)8-9-16(17)21/h3-9,12-13H,2,10-11H2,1H3. The minimum atomic E-state index is -0.616. The Morgan fingerprint density at radius 1 is 1.08 bits per heavy atom. The Morgan fingerprint density at radius 3 is 2.58 bits per heavy atom. The maximum absolute atomic E-state index is 12.0. The number of benzene rings is 2. The Balaban J connectivity index is 1.90. The Labute approximate surface area is 162 Å². The maximum atomic E-state index is 12.0. The summed E-state index contributed by atoms with van der Waals surface area (Å²) in [5, 5.41) is 0.968. The third-order valence-corrected chi connectivity index (χ3v) is 3.54. The number of carbonyl (C=O) groups excluding carboxylic acids is 1. The fourth-order valence-electron chi connectivity index (χ4n) is 1.85. The highest BCUT2D eigenvalue weighted by molar-refractivity contribution is 6.34. The number of esters is 1. The average molecular weight is 397 g/mol. The van der Waals surface area contributed by atoms with Crippen molar-refractivity contribution < 1.29 is 23.7 Å². The minimum absolute atomic E-state index is 0.0566. The summed E-state index contributed by atoms with van der Waals surface area (Å²) in [7, 11) is 0. The second kappa shape index (κ2) is 10.6. The molecular weight excluding hydrogens is 379 g/mol. The summed E-state index contributed by atoms with van der Waals surface area (Å²) >= 11 is 11.9. The van der Waals surface area contributed by atoms with Crippen LogP contribution in [0, 0.1) is 0 Å². The van der Waals surface area contributed by atoms with E-state index in [9.17, 15) is 4.79 Å². The zero-order chi connectivity index (χ0) is 18.8. The van der Waals surface area contributed by atoms with E-state index in [1.165, 1.54) is 6.26 Å². The molecule has 0 aliphatic rings. The lowest BCUT2D eigenvalue weighted by Crippen LogP contribution is -2.14. The molecule has 0 unspecified atom stereocenters. The van der Waals surface area contributed by atoms with Crippen molar-refractivity contribution in [2.24, 2.45) is 0 Å². The van der Waals surface area contributed by atoms with Gasteiger partial charge in [-0.05, 0) is 31.2 Å². The van der Waals surface area contributed by atoms with Gasteiger partial charge in [-0.3, -0.25) is 0 Å². The van der Waals surface area contributed by atoms with E-state index >= 15 is 0 Å². The number of hydrogen-bond donors (Lipinski definition) is 0. The molecule has 0 atom stereocenters. The first kappa shape index (κ1) is 19.9. The van der Waals surface area contributed by atoms with Crippen LogP contribution in [0.15, 0.2) is 60.6 Å². The van der Waals surface area contributed by atoms with Gasteiger partial charge in [0.1, 0.15) is 31.0 Å². The monoisotopic (exact) mass is 396 g/mol. The molecule has 0 radical (unpaired) electrons. The van der Waals surface area contributed by atoms with Crippen LogP contribution in [0.4, 0.5) is 0 Å². The number of carbonyl (C=O) groups is 1. The van der Waals surface area contributed by atoms with Gasteiger partial charge in [0.15, 0.2) is 0 Å². The van der Waals surface area contributed by atoms with Crippen molar-refractivity contribution in [1.82, 2.24) is 0 Å². The maximum Gasteiger partial charge on any atom is 0.377 e. The van der Waals surface area contributed by atoms with Gasteiger partial charge in [-0.2, -0.15) is 0 Å².